The maximum absolute atomic E-state index is 12.1. The zero-order chi connectivity index (χ0) is 15.0. The smallest absolute Gasteiger partial charge is 0.224 e. The second kappa shape index (κ2) is 8.75. The zero-order valence-electron chi connectivity index (χ0n) is 13.2. The molecule has 0 radical (unpaired) electrons. The number of hydrogen-bond acceptors (Lipinski definition) is 2. The van der Waals surface area contributed by atoms with Gasteiger partial charge in [0.25, 0.3) is 0 Å². The second-order valence-corrected chi connectivity index (χ2v) is 5.65. The maximum Gasteiger partial charge on any atom is 0.224 e. The van der Waals surface area contributed by atoms with E-state index in [1.54, 1.807) is 0 Å². The van der Waals surface area contributed by atoms with Crippen LogP contribution in [0.25, 0.3) is 0 Å². The Morgan fingerprint density at radius 1 is 1.25 bits per heavy atom. The minimum atomic E-state index is 0.117. The topological polar surface area (TPSA) is 41.1 Å². The van der Waals surface area contributed by atoms with Gasteiger partial charge in [-0.1, -0.05) is 46.2 Å². The molecule has 0 saturated carbocycles. The van der Waals surface area contributed by atoms with E-state index in [9.17, 15) is 4.79 Å². The van der Waals surface area contributed by atoms with E-state index in [1.165, 1.54) is 5.56 Å². The van der Waals surface area contributed by atoms with Gasteiger partial charge in [0.2, 0.25) is 5.91 Å². The molecule has 1 unspecified atom stereocenters. The molecule has 0 spiro atoms. The molecular formula is C17H28N2O. The van der Waals surface area contributed by atoms with Gasteiger partial charge in [0.15, 0.2) is 0 Å². The van der Waals surface area contributed by atoms with Crippen LogP contribution in [0.15, 0.2) is 24.3 Å². The number of rotatable bonds is 8. The van der Waals surface area contributed by atoms with E-state index in [2.05, 4.69) is 44.4 Å². The van der Waals surface area contributed by atoms with Crippen LogP contribution in [-0.4, -0.2) is 12.5 Å². The van der Waals surface area contributed by atoms with Crippen LogP contribution in [0.3, 0.4) is 0 Å². The number of carbonyl (C=O) groups excluding carboxylic acids is 1. The molecule has 1 aromatic rings. The highest BCUT2D eigenvalue weighted by Crippen LogP contribution is 2.20. The summed E-state index contributed by atoms with van der Waals surface area (Å²) in [5, 5.41) is 6.30. The van der Waals surface area contributed by atoms with Crippen LogP contribution in [0.5, 0.6) is 0 Å². The zero-order valence-corrected chi connectivity index (χ0v) is 13.2. The molecule has 0 saturated heterocycles. The van der Waals surface area contributed by atoms with Gasteiger partial charge >= 0.3 is 0 Å². The Bertz CT molecular complexity index is 415. The van der Waals surface area contributed by atoms with Crippen LogP contribution in [0, 0.1) is 11.8 Å². The highest BCUT2D eigenvalue weighted by Gasteiger charge is 2.15. The fraction of sp³-hybridized carbons (Fsp3) is 0.588. The normalized spacial score (nSPS) is 12.4. The summed E-state index contributed by atoms with van der Waals surface area (Å²) in [5.41, 5.74) is 2.09. The predicted octanol–water partition coefficient (Wildman–Crippen LogP) is 3.81. The second-order valence-electron chi connectivity index (χ2n) is 5.65. The molecular weight excluding hydrogens is 248 g/mol. The van der Waals surface area contributed by atoms with Crippen LogP contribution in [0.1, 0.15) is 46.1 Å². The molecule has 20 heavy (non-hydrogen) atoms. The van der Waals surface area contributed by atoms with Gasteiger partial charge in [-0.25, -0.2) is 0 Å². The van der Waals surface area contributed by atoms with E-state index in [4.69, 9.17) is 0 Å². The molecule has 1 amide bonds. The Kier molecular flexibility index (Phi) is 7.31. The molecule has 0 bridgehead atoms. The Hall–Kier alpha value is -1.35. The minimum absolute atomic E-state index is 0.117. The van der Waals surface area contributed by atoms with E-state index in [0.717, 1.165) is 25.2 Å². The lowest BCUT2D eigenvalue weighted by molar-refractivity contribution is -0.117. The van der Waals surface area contributed by atoms with Crippen LogP contribution >= 0.6 is 0 Å². The van der Waals surface area contributed by atoms with E-state index in [-0.39, 0.29) is 5.91 Å². The molecule has 0 aliphatic carbocycles. The van der Waals surface area contributed by atoms with E-state index >= 15 is 0 Å². The first-order chi connectivity index (χ1) is 9.56. The number of benzene rings is 1. The molecule has 0 heterocycles. The van der Waals surface area contributed by atoms with E-state index < -0.39 is 0 Å². The lowest BCUT2D eigenvalue weighted by Gasteiger charge is -2.18. The lowest BCUT2D eigenvalue weighted by atomic mass is 9.90. The Balaban J connectivity index is 2.57. The Morgan fingerprint density at radius 3 is 2.60 bits per heavy atom. The summed E-state index contributed by atoms with van der Waals surface area (Å²) in [5.74, 6) is 1.12. The van der Waals surface area contributed by atoms with Gasteiger partial charge in [0.05, 0.1) is 0 Å². The summed E-state index contributed by atoms with van der Waals surface area (Å²) in [6.07, 6.45) is 1.65. The summed E-state index contributed by atoms with van der Waals surface area (Å²) in [4.78, 5) is 12.1. The number of carbonyl (C=O) groups is 1. The first kappa shape index (κ1) is 16.7. The summed E-state index contributed by atoms with van der Waals surface area (Å²) in [6, 6.07) is 8.05. The van der Waals surface area contributed by atoms with Gasteiger partial charge in [-0.3, -0.25) is 4.79 Å². The molecule has 0 aromatic heterocycles. The van der Waals surface area contributed by atoms with Crippen molar-refractivity contribution in [3.8, 4) is 0 Å². The first-order valence-corrected chi connectivity index (χ1v) is 7.66. The van der Waals surface area contributed by atoms with Gasteiger partial charge in [-0.2, -0.15) is 0 Å². The first-order valence-electron chi connectivity index (χ1n) is 7.66. The van der Waals surface area contributed by atoms with Crippen LogP contribution in [0.4, 0.5) is 5.69 Å². The maximum atomic E-state index is 12.1. The van der Waals surface area contributed by atoms with Crippen LogP contribution < -0.4 is 10.6 Å². The van der Waals surface area contributed by atoms with Crippen molar-refractivity contribution >= 4 is 11.6 Å². The van der Waals surface area contributed by atoms with Gasteiger partial charge < -0.3 is 10.6 Å². The predicted molar refractivity (Wildman–Crippen MR) is 85.7 cm³/mol. The summed E-state index contributed by atoms with van der Waals surface area (Å²) < 4.78 is 0. The van der Waals surface area contributed by atoms with Crippen molar-refractivity contribution in [2.75, 3.05) is 11.9 Å². The van der Waals surface area contributed by atoms with Crippen molar-refractivity contribution in [1.82, 2.24) is 5.32 Å². The molecule has 0 aliphatic heterocycles. The minimum Gasteiger partial charge on any atom is -0.326 e. The highest BCUT2D eigenvalue weighted by molar-refractivity contribution is 5.90. The molecule has 0 fully saturated rings. The van der Waals surface area contributed by atoms with Crippen LogP contribution in [0.2, 0.25) is 0 Å². The molecule has 1 atom stereocenters. The molecule has 2 N–H and O–H groups in total. The third kappa shape index (κ3) is 5.74. The van der Waals surface area contributed by atoms with Crippen molar-refractivity contribution < 1.29 is 4.79 Å². The summed E-state index contributed by atoms with van der Waals surface area (Å²) in [7, 11) is 0. The van der Waals surface area contributed by atoms with E-state index in [1.807, 2.05) is 18.2 Å². The molecule has 0 aliphatic rings. The summed E-state index contributed by atoms with van der Waals surface area (Å²) >= 11 is 0. The quantitative estimate of drug-likeness (QED) is 0.758. The van der Waals surface area contributed by atoms with Gasteiger partial charge in [-0.15, -0.1) is 0 Å². The fourth-order valence-electron chi connectivity index (χ4n) is 2.33. The third-order valence-electron chi connectivity index (χ3n) is 3.70. The largest absolute Gasteiger partial charge is 0.326 e. The number of amides is 1. The van der Waals surface area contributed by atoms with Gasteiger partial charge in [0.1, 0.15) is 0 Å². The lowest BCUT2D eigenvalue weighted by Crippen LogP contribution is -2.19. The average Bonchev–Trinajstić information content (AvgIpc) is 2.42. The third-order valence-corrected chi connectivity index (χ3v) is 3.70. The molecule has 112 valence electrons. The highest BCUT2D eigenvalue weighted by atomic mass is 16.1. The Morgan fingerprint density at radius 2 is 2.00 bits per heavy atom. The van der Waals surface area contributed by atoms with Gasteiger partial charge in [0, 0.05) is 18.7 Å². The Labute approximate surface area is 123 Å². The van der Waals surface area contributed by atoms with Crippen LogP contribution in [-0.2, 0) is 11.3 Å². The van der Waals surface area contributed by atoms with Crippen molar-refractivity contribution in [3.05, 3.63) is 29.8 Å². The summed E-state index contributed by atoms with van der Waals surface area (Å²) in [6.45, 7) is 10.4. The SMILES string of the molecule is CCNCc1cccc(NC(=O)CC(CC)C(C)C)c1. The van der Waals surface area contributed by atoms with Crippen molar-refractivity contribution in [2.24, 2.45) is 11.8 Å². The fourth-order valence-corrected chi connectivity index (χ4v) is 2.33. The van der Waals surface area contributed by atoms with E-state index in [0.29, 0.717) is 18.3 Å². The van der Waals surface area contributed by atoms with Crippen molar-refractivity contribution in [1.29, 1.82) is 0 Å². The standard InChI is InChI=1S/C17H28N2O/c1-5-15(13(3)4)11-17(20)19-16-9-7-8-14(10-16)12-18-6-2/h7-10,13,15,18H,5-6,11-12H2,1-4H3,(H,19,20). The van der Waals surface area contributed by atoms with Crippen molar-refractivity contribution in [3.63, 3.8) is 0 Å². The number of hydrogen-bond donors (Lipinski definition) is 2. The molecule has 3 nitrogen and oxygen atoms in total. The molecule has 1 rings (SSSR count). The number of nitrogens with one attached hydrogen (secondary N) is 2. The number of anilines is 1. The molecule has 1 aromatic carbocycles. The van der Waals surface area contributed by atoms with Crippen molar-refractivity contribution in [2.45, 2.75) is 47.1 Å². The average molecular weight is 276 g/mol. The molecule has 3 heteroatoms. The van der Waals surface area contributed by atoms with Gasteiger partial charge in [-0.05, 0) is 36.1 Å². The monoisotopic (exact) mass is 276 g/mol.